The number of hydroxylamine groups is 1. The Bertz CT molecular complexity index is 1000. The minimum atomic E-state index is -3.93. The monoisotopic (exact) mass is 375 g/mol. The van der Waals surface area contributed by atoms with Gasteiger partial charge in [-0.1, -0.05) is 30.3 Å². The summed E-state index contributed by atoms with van der Waals surface area (Å²) in [6, 6.07) is 13.9. The molecule has 1 heterocycles. The van der Waals surface area contributed by atoms with Gasteiger partial charge in [-0.2, -0.15) is 0 Å². The molecule has 9 nitrogen and oxygen atoms in total. The van der Waals surface area contributed by atoms with E-state index in [-0.39, 0.29) is 22.9 Å². The lowest BCUT2D eigenvalue weighted by molar-refractivity contribution is 0.0706. The molecule has 3 aromatic rings. The van der Waals surface area contributed by atoms with E-state index in [1.54, 1.807) is 30.3 Å². The lowest BCUT2D eigenvalue weighted by Gasteiger charge is -2.06. The maximum atomic E-state index is 12.6. The molecule has 0 bridgehead atoms. The number of nitrogens with zero attached hydrogens (tertiary/aromatic N) is 2. The average molecular weight is 375 g/mol. The molecule has 0 radical (unpaired) electrons. The van der Waals surface area contributed by atoms with Crippen LogP contribution in [-0.2, 0) is 16.4 Å². The van der Waals surface area contributed by atoms with E-state index in [1.165, 1.54) is 29.7 Å². The number of hydrogen-bond acceptors (Lipinski definition) is 8. The highest BCUT2D eigenvalue weighted by molar-refractivity contribution is 7.91. The Morgan fingerprint density at radius 2 is 1.77 bits per heavy atom. The van der Waals surface area contributed by atoms with Gasteiger partial charge in [0.05, 0.1) is 4.90 Å². The van der Waals surface area contributed by atoms with Crippen molar-refractivity contribution < 1.29 is 27.8 Å². The quantitative estimate of drug-likeness (QED) is 0.490. The average Bonchev–Trinajstić information content (AvgIpc) is 3.16. The van der Waals surface area contributed by atoms with Crippen LogP contribution in [0.2, 0.25) is 0 Å². The molecule has 26 heavy (non-hydrogen) atoms. The number of rotatable bonds is 6. The summed E-state index contributed by atoms with van der Waals surface area (Å²) < 4.78 is 35.1. The molecule has 0 fully saturated rings. The Morgan fingerprint density at radius 3 is 2.42 bits per heavy atom. The van der Waals surface area contributed by atoms with Crippen LogP contribution in [0.4, 0.5) is 0 Å². The Morgan fingerprint density at radius 1 is 1.08 bits per heavy atom. The molecule has 1 aromatic heterocycles. The van der Waals surface area contributed by atoms with E-state index in [0.29, 0.717) is 5.56 Å². The highest BCUT2D eigenvalue weighted by atomic mass is 32.2. The second-order valence-corrected chi connectivity index (χ2v) is 6.98. The molecule has 2 aromatic carbocycles. The Hall–Kier alpha value is -3.24. The van der Waals surface area contributed by atoms with Crippen molar-refractivity contribution in [1.82, 2.24) is 15.8 Å². The van der Waals surface area contributed by atoms with Crippen molar-refractivity contribution in [2.75, 3.05) is 0 Å². The van der Waals surface area contributed by atoms with E-state index in [0.717, 1.165) is 0 Å². The third-order valence-corrected chi connectivity index (χ3v) is 5.08. The third-order valence-electron chi connectivity index (χ3n) is 3.43. The first kappa shape index (κ1) is 17.6. The normalized spacial score (nSPS) is 11.1. The smallest absolute Gasteiger partial charge is 0.296 e. The third kappa shape index (κ3) is 3.55. The van der Waals surface area contributed by atoms with Crippen molar-refractivity contribution in [3.8, 4) is 5.88 Å². The highest BCUT2D eigenvalue weighted by Gasteiger charge is 2.28. The summed E-state index contributed by atoms with van der Waals surface area (Å²) in [5, 5.41) is 15.1. The number of sulfone groups is 1. The van der Waals surface area contributed by atoms with Crippen LogP contribution in [0.25, 0.3) is 0 Å². The van der Waals surface area contributed by atoms with Crippen LogP contribution in [0, 0.1) is 0 Å². The molecule has 0 spiro atoms. The number of ether oxygens (including phenoxy) is 1. The summed E-state index contributed by atoms with van der Waals surface area (Å²) in [4.78, 5) is 11.3. The number of carbonyl (C=O) groups is 1. The SMILES string of the molecule is O=C(NO)c1ccc(COc2nonc2S(=O)(=O)c2ccccc2)cc1. The summed E-state index contributed by atoms with van der Waals surface area (Å²) in [6.07, 6.45) is 0. The minimum absolute atomic E-state index is 0.0213. The first-order chi connectivity index (χ1) is 12.5. The van der Waals surface area contributed by atoms with Crippen molar-refractivity contribution in [2.24, 2.45) is 0 Å². The van der Waals surface area contributed by atoms with Crippen LogP contribution in [0.15, 0.2) is 69.1 Å². The van der Waals surface area contributed by atoms with Gasteiger partial charge < -0.3 is 4.74 Å². The van der Waals surface area contributed by atoms with E-state index in [2.05, 4.69) is 14.9 Å². The zero-order valence-corrected chi connectivity index (χ0v) is 14.0. The largest absolute Gasteiger partial charge is 0.469 e. The molecule has 134 valence electrons. The molecule has 3 rings (SSSR count). The maximum absolute atomic E-state index is 12.6. The summed E-state index contributed by atoms with van der Waals surface area (Å²) in [7, 11) is -3.93. The van der Waals surface area contributed by atoms with E-state index in [9.17, 15) is 13.2 Å². The number of nitrogens with one attached hydrogen (secondary N) is 1. The number of aromatic nitrogens is 2. The summed E-state index contributed by atoms with van der Waals surface area (Å²) in [6.45, 7) is -0.0213. The van der Waals surface area contributed by atoms with Crippen LogP contribution >= 0.6 is 0 Å². The minimum Gasteiger partial charge on any atom is -0.469 e. The topological polar surface area (TPSA) is 132 Å². The van der Waals surface area contributed by atoms with E-state index in [4.69, 9.17) is 9.94 Å². The van der Waals surface area contributed by atoms with Gasteiger partial charge in [-0.3, -0.25) is 10.0 Å². The fourth-order valence-electron chi connectivity index (χ4n) is 2.10. The Kier molecular flexibility index (Phi) is 4.96. The second kappa shape index (κ2) is 7.33. The molecule has 0 aliphatic heterocycles. The van der Waals surface area contributed by atoms with Crippen molar-refractivity contribution in [1.29, 1.82) is 0 Å². The van der Waals surface area contributed by atoms with Gasteiger partial charge in [0.15, 0.2) is 0 Å². The first-order valence-corrected chi connectivity index (χ1v) is 8.79. The van der Waals surface area contributed by atoms with Gasteiger partial charge in [0.2, 0.25) is 9.84 Å². The highest BCUT2D eigenvalue weighted by Crippen LogP contribution is 2.26. The van der Waals surface area contributed by atoms with Crippen LogP contribution < -0.4 is 10.2 Å². The van der Waals surface area contributed by atoms with Crippen molar-refractivity contribution in [3.63, 3.8) is 0 Å². The zero-order chi connectivity index (χ0) is 18.6. The number of hydrogen-bond donors (Lipinski definition) is 2. The maximum Gasteiger partial charge on any atom is 0.296 e. The van der Waals surface area contributed by atoms with Crippen LogP contribution in [0.5, 0.6) is 5.88 Å². The van der Waals surface area contributed by atoms with Gasteiger partial charge in [0, 0.05) is 5.56 Å². The number of carbonyl (C=O) groups excluding carboxylic acids is 1. The fourth-order valence-corrected chi connectivity index (χ4v) is 3.30. The van der Waals surface area contributed by atoms with Gasteiger partial charge in [-0.25, -0.2) is 18.5 Å². The molecular weight excluding hydrogens is 362 g/mol. The van der Waals surface area contributed by atoms with Crippen LogP contribution in [0.1, 0.15) is 15.9 Å². The van der Waals surface area contributed by atoms with E-state index < -0.39 is 20.8 Å². The predicted octanol–water partition coefficient (Wildman–Crippen LogP) is 1.60. The van der Waals surface area contributed by atoms with Crippen molar-refractivity contribution in [2.45, 2.75) is 16.5 Å². The van der Waals surface area contributed by atoms with Crippen LogP contribution in [0.3, 0.4) is 0 Å². The van der Waals surface area contributed by atoms with Gasteiger partial charge in [-0.15, -0.1) is 0 Å². The standard InChI is InChI=1S/C16H13N3O6S/c20-14(17-21)12-8-6-11(7-9-12)10-24-15-16(19-25-18-15)26(22,23)13-4-2-1-3-5-13/h1-9,21H,10H2,(H,17,20). The molecular formula is C16H13N3O6S. The molecule has 0 aliphatic rings. The van der Waals surface area contributed by atoms with E-state index >= 15 is 0 Å². The van der Waals surface area contributed by atoms with Crippen molar-refractivity contribution in [3.05, 3.63) is 65.7 Å². The molecule has 1 amide bonds. The summed E-state index contributed by atoms with van der Waals surface area (Å²) >= 11 is 0. The summed E-state index contributed by atoms with van der Waals surface area (Å²) in [5.74, 6) is -0.902. The zero-order valence-electron chi connectivity index (χ0n) is 13.2. The molecule has 10 heteroatoms. The van der Waals surface area contributed by atoms with E-state index in [1.807, 2.05) is 0 Å². The van der Waals surface area contributed by atoms with Gasteiger partial charge >= 0.3 is 0 Å². The molecule has 2 N–H and O–H groups in total. The van der Waals surface area contributed by atoms with Crippen molar-refractivity contribution >= 4 is 15.7 Å². The van der Waals surface area contributed by atoms with Gasteiger partial charge in [-0.05, 0) is 40.1 Å². The lowest BCUT2D eigenvalue weighted by Crippen LogP contribution is -2.18. The first-order valence-electron chi connectivity index (χ1n) is 7.31. The Balaban J connectivity index is 1.77. The molecule has 0 unspecified atom stereocenters. The van der Waals surface area contributed by atoms with Crippen LogP contribution in [-0.4, -0.2) is 29.8 Å². The van der Waals surface area contributed by atoms with Gasteiger partial charge in [0.1, 0.15) is 6.61 Å². The molecule has 0 atom stereocenters. The number of amides is 1. The van der Waals surface area contributed by atoms with Gasteiger partial charge in [0.25, 0.3) is 16.8 Å². The Labute approximate surface area is 148 Å². The predicted molar refractivity (Wildman–Crippen MR) is 86.2 cm³/mol. The number of benzene rings is 2. The summed E-state index contributed by atoms with van der Waals surface area (Å²) in [5.41, 5.74) is 2.43. The fraction of sp³-hybridized carbons (Fsp3) is 0.0625. The molecule has 0 saturated carbocycles. The molecule has 0 saturated heterocycles. The lowest BCUT2D eigenvalue weighted by atomic mass is 10.1. The molecule has 0 aliphatic carbocycles. The second-order valence-electron chi connectivity index (χ2n) is 5.12.